The van der Waals surface area contributed by atoms with Crippen LogP contribution >= 0.6 is 0 Å². The van der Waals surface area contributed by atoms with E-state index in [0.29, 0.717) is 11.9 Å². The maximum atomic E-state index is 11.9. The molecule has 0 bridgehead atoms. The van der Waals surface area contributed by atoms with Gasteiger partial charge in [0.05, 0.1) is 6.33 Å². The number of imidazole rings is 1. The Kier molecular flexibility index (Phi) is 2.54. The summed E-state index contributed by atoms with van der Waals surface area (Å²) in [5, 5.41) is 2.37. The number of amides is 1. The Morgan fingerprint density at radius 2 is 2.12 bits per heavy atom. The molecule has 2 aromatic heterocycles. The molecule has 0 saturated heterocycles. The SMILES string of the molecule is Cn1c(=O)c2c(ncn2C)n(CNC=O)c1=O. The van der Waals surface area contributed by atoms with Crippen molar-refractivity contribution in [2.75, 3.05) is 0 Å². The van der Waals surface area contributed by atoms with E-state index in [-0.39, 0.29) is 12.3 Å². The lowest BCUT2D eigenvalue weighted by atomic mass is 10.5. The van der Waals surface area contributed by atoms with Crippen LogP contribution in [-0.2, 0) is 25.6 Å². The fourth-order valence-electron chi connectivity index (χ4n) is 1.65. The highest BCUT2D eigenvalue weighted by molar-refractivity contribution is 5.69. The van der Waals surface area contributed by atoms with Gasteiger partial charge in [-0.3, -0.25) is 18.7 Å². The van der Waals surface area contributed by atoms with Crippen LogP contribution in [-0.4, -0.2) is 25.1 Å². The third-order valence-electron chi connectivity index (χ3n) is 2.53. The van der Waals surface area contributed by atoms with Crippen LogP contribution in [0.25, 0.3) is 11.2 Å². The first-order chi connectivity index (χ1) is 8.07. The fourth-order valence-corrected chi connectivity index (χ4v) is 1.65. The first kappa shape index (κ1) is 11.1. The summed E-state index contributed by atoms with van der Waals surface area (Å²) in [6.45, 7) is -0.0238. The summed E-state index contributed by atoms with van der Waals surface area (Å²) >= 11 is 0. The van der Waals surface area contributed by atoms with Crippen LogP contribution in [0.1, 0.15) is 0 Å². The molecule has 2 rings (SSSR count). The van der Waals surface area contributed by atoms with Gasteiger partial charge >= 0.3 is 5.69 Å². The third-order valence-corrected chi connectivity index (χ3v) is 2.53. The monoisotopic (exact) mass is 237 g/mol. The van der Waals surface area contributed by atoms with Gasteiger partial charge in [-0.05, 0) is 0 Å². The van der Waals surface area contributed by atoms with E-state index in [1.165, 1.54) is 22.5 Å². The van der Waals surface area contributed by atoms with Crippen molar-refractivity contribution in [1.82, 2.24) is 24.0 Å². The fraction of sp³-hybridized carbons (Fsp3) is 0.333. The summed E-state index contributed by atoms with van der Waals surface area (Å²) in [7, 11) is 3.05. The largest absolute Gasteiger partial charge is 0.341 e. The summed E-state index contributed by atoms with van der Waals surface area (Å²) in [5.74, 6) is 0. The minimum Gasteiger partial charge on any atom is -0.341 e. The predicted molar refractivity (Wildman–Crippen MR) is 59.4 cm³/mol. The minimum atomic E-state index is -0.518. The van der Waals surface area contributed by atoms with Crippen molar-refractivity contribution < 1.29 is 4.79 Å². The first-order valence-corrected chi connectivity index (χ1v) is 4.85. The number of aromatic nitrogens is 4. The highest BCUT2D eigenvalue weighted by Gasteiger charge is 2.14. The van der Waals surface area contributed by atoms with Crippen molar-refractivity contribution in [3.05, 3.63) is 27.2 Å². The Bertz CT molecular complexity index is 693. The Morgan fingerprint density at radius 3 is 2.76 bits per heavy atom. The van der Waals surface area contributed by atoms with E-state index in [0.717, 1.165) is 4.57 Å². The predicted octanol–water partition coefficient (Wildman–Crippen LogP) is -1.86. The standard InChI is InChI=1S/C9H11N5O3/c1-12-4-11-7-6(12)8(16)13(2)9(17)14(7)3-10-5-15/h4-5H,3H2,1-2H3,(H,10,15). The van der Waals surface area contributed by atoms with E-state index >= 15 is 0 Å². The van der Waals surface area contributed by atoms with E-state index < -0.39 is 11.2 Å². The summed E-state index contributed by atoms with van der Waals surface area (Å²) in [6.07, 6.45) is 1.93. The van der Waals surface area contributed by atoms with Crippen molar-refractivity contribution in [3.63, 3.8) is 0 Å². The molecule has 0 spiro atoms. The molecule has 17 heavy (non-hydrogen) atoms. The van der Waals surface area contributed by atoms with Crippen LogP contribution in [0.15, 0.2) is 15.9 Å². The second-order valence-electron chi connectivity index (χ2n) is 3.58. The average Bonchev–Trinajstić information content (AvgIpc) is 2.69. The number of aryl methyl sites for hydroxylation is 1. The summed E-state index contributed by atoms with van der Waals surface area (Å²) < 4.78 is 3.75. The second kappa shape index (κ2) is 3.89. The van der Waals surface area contributed by atoms with Crippen molar-refractivity contribution in [1.29, 1.82) is 0 Å². The number of carbonyl (C=O) groups is 1. The van der Waals surface area contributed by atoms with Gasteiger partial charge in [0.2, 0.25) is 6.41 Å². The number of rotatable bonds is 3. The maximum Gasteiger partial charge on any atom is 0.333 e. The van der Waals surface area contributed by atoms with E-state index in [4.69, 9.17) is 0 Å². The number of fused-ring (bicyclic) bond motifs is 1. The van der Waals surface area contributed by atoms with Crippen LogP contribution in [0.2, 0.25) is 0 Å². The molecular weight excluding hydrogens is 226 g/mol. The van der Waals surface area contributed by atoms with Crippen LogP contribution in [0.5, 0.6) is 0 Å². The number of nitrogens with one attached hydrogen (secondary N) is 1. The lowest BCUT2D eigenvalue weighted by Gasteiger charge is -2.07. The molecule has 90 valence electrons. The number of nitrogens with zero attached hydrogens (tertiary/aromatic N) is 4. The Labute approximate surface area is 95.1 Å². The Balaban J connectivity index is 2.87. The van der Waals surface area contributed by atoms with E-state index in [9.17, 15) is 14.4 Å². The Hall–Kier alpha value is -2.38. The second-order valence-corrected chi connectivity index (χ2v) is 3.58. The zero-order valence-electron chi connectivity index (χ0n) is 9.38. The van der Waals surface area contributed by atoms with Crippen LogP contribution in [0.3, 0.4) is 0 Å². The summed E-state index contributed by atoms with van der Waals surface area (Å²) in [6, 6.07) is 0. The normalized spacial score (nSPS) is 10.7. The lowest BCUT2D eigenvalue weighted by molar-refractivity contribution is -0.110. The van der Waals surface area contributed by atoms with Crippen LogP contribution < -0.4 is 16.6 Å². The first-order valence-electron chi connectivity index (χ1n) is 4.85. The zero-order valence-corrected chi connectivity index (χ0v) is 9.38. The molecule has 0 radical (unpaired) electrons. The topological polar surface area (TPSA) is 90.9 Å². The van der Waals surface area contributed by atoms with Gasteiger partial charge in [-0.2, -0.15) is 0 Å². The molecule has 0 atom stereocenters. The van der Waals surface area contributed by atoms with Gasteiger partial charge in [0, 0.05) is 14.1 Å². The van der Waals surface area contributed by atoms with Gasteiger partial charge in [-0.25, -0.2) is 9.78 Å². The van der Waals surface area contributed by atoms with Gasteiger partial charge in [-0.1, -0.05) is 0 Å². The molecule has 0 unspecified atom stereocenters. The molecule has 0 aromatic carbocycles. The summed E-state index contributed by atoms with van der Waals surface area (Å²) in [5.41, 5.74) is -0.349. The van der Waals surface area contributed by atoms with Crippen LogP contribution in [0, 0.1) is 0 Å². The number of hydrogen-bond donors (Lipinski definition) is 1. The van der Waals surface area contributed by atoms with Crippen molar-refractivity contribution in [2.45, 2.75) is 6.67 Å². The number of carbonyl (C=O) groups excluding carboxylic acids is 1. The molecule has 0 aliphatic heterocycles. The highest BCUT2D eigenvalue weighted by Crippen LogP contribution is 2.03. The van der Waals surface area contributed by atoms with Gasteiger partial charge in [-0.15, -0.1) is 0 Å². The molecular formula is C9H11N5O3. The Morgan fingerprint density at radius 1 is 1.41 bits per heavy atom. The van der Waals surface area contributed by atoms with Gasteiger partial charge in [0.15, 0.2) is 11.2 Å². The molecule has 0 aliphatic rings. The maximum absolute atomic E-state index is 11.9. The van der Waals surface area contributed by atoms with E-state index in [1.807, 2.05) is 0 Å². The molecule has 1 N–H and O–H groups in total. The zero-order chi connectivity index (χ0) is 12.6. The molecule has 1 amide bonds. The molecule has 2 aromatic rings. The minimum absolute atomic E-state index is 0.0238. The van der Waals surface area contributed by atoms with Crippen molar-refractivity contribution in [3.8, 4) is 0 Å². The van der Waals surface area contributed by atoms with E-state index in [2.05, 4.69) is 10.3 Å². The summed E-state index contributed by atoms with van der Waals surface area (Å²) in [4.78, 5) is 37.9. The smallest absolute Gasteiger partial charge is 0.333 e. The van der Waals surface area contributed by atoms with Gasteiger partial charge < -0.3 is 9.88 Å². The molecule has 0 fully saturated rings. The van der Waals surface area contributed by atoms with Gasteiger partial charge in [0.1, 0.15) is 6.67 Å². The molecule has 0 aliphatic carbocycles. The van der Waals surface area contributed by atoms with Crippen molar-refractivity contribution in [2.24, 2.45) is 14.1 Å². The third kappa shape index (κ3) is 1.53. The van der Waals surface area contributed by atoms with E-state index in [1.54, 1.807) is 7.05 Å². The van der Waals surface area contributed by atoms with Crippen molar-refractivity contribution >= 4 is 17.6 Å². The van der Waals surface area contributed by atoms with Crippen LogP contribution in [0.4, 0.5) is 0 Å². The lowest BCUT2D eigenvalue weighted by Crippen LogP contribution is -2.40. The molecule has 2 heterocycles. The number of hydrogen-bond acceptors (Lipinski definition) is 4. The molecule has 0 saturated carbocycles. The average molecular weight is 237 g/mol. The molecule has 8 heteroatoms. The quantitative estimate of drug-likeness (QED) is 0.633. The molecule has 8 nitrogen and oxygen atoms in total. The van der Waals surface area contributed by atoms with Gasteiger partial charge in [0.25, 0.3) is 5.56 Å². The highest BCUT2D eigenvalue weighted by atomic mass is 16.2.